The molecular formula is C17H16F3N4O3+. The number of halogens is 3. The maximum Gasteiger partial charge on any atom is 0.491 e. The van der Waals surface area contributed by atoms with Crippen LogP contribution < -0.4 is 4.68 Å². The van der Waals surface area contributed by atoms with E-state index in [1.54, 1.807) is 12.3 Å². The quantitative estimate of drug-likeness (QED) is 0.456. The lowest BCUT2D eigenvalue weighted by Gasteiger charge is -2.14. The summed E-state index contributed by atoms with van der Waals surface area (Å²) in [5.41, 5.74) is 2.89. The lowest BCUT2D eigenvalue weighted by molar-refractivity contribution is -0.752. The zero-order chi connectivity index (χ0) is 19.4. The molecule has 0 spiro atoms. The smallest absolute Gasteiger partial charge is 0.386 e. The molecule has 0 saturated heterocycles. The molecule has 1 aliphatic rings. The van der Waals surface area contributed by atoms with Gasteiger partial charge in [0.25, 0.3) is 0 Å². The molecule has 0 amide bonds. The van der Waals surface area contributed by atoms with Gasteiger partial charge in [0.05, 0.1) is 0 Å². The molecule has 0 aliphatic heterocycles. The molecule has 0 fully saturated rings. The van der Waals surface area contributed by atoms with Crippen LogP contribution in [0, 0.1) is 0 Å². The highest BCUT2D eigenvalue weighted by molar-refractivity contribution is 5.88. The summed E-state index contributed by atoms with van der Waals surface area (Å²) in [5, 5.41) is 4.09. The first-order valence-electron chi connectivity index (χ1n) is 8.36. The first-order valence-corrected chi connectivity index (χ1v) is 8.36. The van der Waals surface area contributed by atoms with E-state index in [0.717, 1.165) is 36.9 Å². The van der Waals surface area contributed by atoms with E-state index in [1.165, 1.54) is 10.9 Å². The van der Waals surface area contributed by atoms with Crippen LogP contribution in [-0.4, -0.2) is 33.2 Å². The van der Waals surface area contributed by atoms with Crippen LogP contribution in [0.25, 0.3) is 11.4 Å². The number of carbonyl (C=O) groups is 2. The van der Waals surface area contributed by atoms with Gasteiger partial charge in [-0.2, -0.15) is 13.2 Å². The lowest BCUT2D eigenvalue weighted by atomic mass is 9.97. The largest absolute Gasteiger partial charge is 0.491 e. The number of aromatic nitrogens is 4. The van der Waals surface area contributed by atoms with Gasteiger partial charge in [0.1, 0.15) is 12.6 Å². The number of carbonyl (C=O) groups excluding carboxylic acids is 2. The molecule has 7 nitrogen and oxygen atoms in total. The fourth-order valence-electron chi connectivity index (χ4n) is 2.68. The van der Waals surface area contributed by atoms with Crippen LogP contribution in [0.5, 0.6) is 0 Å². The Kier molecular flexibility index (Phi) is 5.43. The zero-order valence-corrected chi connectivity index (χ0v) is 14.2. The molecule has 0 atom stereocenters. The van der Waals surface area contributed by atoms with E-state index in [9.17, 15) is 22.8 Å². The van der Waals surface area contributed by atoms with Crippen LogP contribution in [0.3, 0.4) is 0 Å². The van der Waals surface area contributed by atoms with E-state index in [-0.39, 0.29) is 6.54 Å². The van der Waals surface area contributed by atoms with Gasteiger partial charge in [-0.25, -0.2) is 14.8 Å². The number of fused-ring (bicyclic) bond motifs is 1. The normalized spacial score (nSPS) is 13.7. The summed E-state index contributed by atoms with van der Waals surface area (Å²) in [4.78, 5) is 30.8. The molecule has 3 rings (SSSR count). The average molecular weight is 381 g/mol. The van der Waals surface area contributed by atoms with Crippen molar-refractivity contribution in [1.29, 1.82) is 0 Å². The van der Waals surface area contributed by atoms with E-state index in [1.807, 2.05) is 6.20 Å². The van der Waals surface area contributed by atoms with Gasteiger partial charge in [0, 0.05) is 23.5 Å². The summed E-state index contributed by atoms with van der Waals surface area (Å²) in [7, 11) is 0. The van der Waals surface area contributed by atoms with Crippen LogP contribution in [0.15, 0.2) is 24.7 Å². The summed E-state index contributed by atoms with van der Waals surface area (Å²) in [6, 6.07) is 1.70. The Hall–Kier alpha value is -2.91. The Bertz CT molecular complexity index is 853. The third-order valence-corrected chi connectivity index (χ3v) is 4.08. The van der Waals surface area contributed by atoms with E-state index < -0.39 is 24.5 Å². The molecule has 0 unspecified atom stereocenters. The number of rotatable bonds is 4. The summed E-state index contributed by atoms with van der Waals surface area (Å²) in [6.45, 7) is -0.0324. The number of nitrogens with zero attached hydrogens (tertiary/aromatic N) is 4. The third kappa shape index (κ3) is 4.83. The number of ether oxygens (including phenoxy) is 1. The van der Waals surface area contributed by atoms with Gasteiger partial charge in [-0.1, -0.05) is 4.68 Å². The van der Waals surface area contributed by atoms with Crippen molar-refractivity contribution in [2.45, 2.75) is 44.8 Å². The second kappa shape index (κ2) is 7.77. The minimum atomic E-state index is -5.20. The molecule has 10 heteroatoms. The van der Waals surface area contributed by atoms with Crippen LogP contribution in [-0.2, 0) is 33.7 Å². The van der Waals surface area contributed by atoms with Gasteiger partial charge in [-0.05, 0) is 36.3 Å². The molecule has 0 bridgehead atoms. The Balaban J connectivity index is 1.59. The van der Waals surface area contributed by atoms with Gasteiger partial charge in [-0.15, -0.1) is 0 Å². The molecule has 142 valence electrons. The third-order valence-electron chi connectivity index (χ3n) is 4.08. The second-order valence-corrected chi connectivity index (χ2v) is 6.06. The van der Waals surface area contributed by atoms with Crippen molar-refractivity contribution in [3.05, 3.63) is 35.9 Å². The van der Waals surface area contributed by atoms with Crippen molar-refractivity contribution in [1.82, 2.24) is 15.1 Å². The lowest BCUT2D eigenvalue weighted by Crippen LogP contribution is -2.39. The minimum Gasteiger partial charge on any atom is -0.386 e. The van der Waals surface area contributed by atoms with E-state index >= 15 is 0 Å². The summed E-state index contributed by atoms with van der Waals surface area (Å²) < 4.78 is 41.1. The summed E-state index contributed by atoms with van der Waals surface area (Å²) in [5.74, 6) is -3.25. The van der Waals surface area contributed by atoms with Crippen molar-refractivity contribution >= 4 is 11.9 Å². The predicted molar refractivity (Wildman–Crippen MR) is 83.9 cm³/mol. The van der Waals surface area contributed by atoms with Crippen molar-refractivity contribution in [2.75, 3.05) is 0 Å². The van der Waals surface area contributed by atoms with Gasteiger partial charge in [-0.3, -0.25) is 4.79 Å². The zero-order valence-electron chi connectivity index (χ0n) is 14.2. The van der Waals surface area contributed by atoms with Crippen LogP contribution >= 0.6 is 0 Å². The first kappa shape index (κ1) is 18.9. The Morgan fingerprint density at radius 2 is 1.96 bits per heavy atom. The molecule has 2 aromatic heterocycles. The molecule has 1 aliphatic carbocycles. The highest BCUT2D eigenvalue weighted by Crippen LogP contribution is 2.21. The maximum absolute atomic E-state index is 12.0. The molecule has 2 aromatic rings. The molecule has 0 radical (unpaired) electrons. The van der Waals surface area contributed by atoms with Crippen molar-refractivity contribution in [3.8, 4) is 11.4 Å². The number of alkyl halides is 3. The highest BCUT2D eigenvalue weighted by Gasteiger charge is 2.42. The molecule has 0 N–H and O–H groups in total. The molecule has 27 heavy (non-hydrogen) atoms. The first-order chi connectivity index (χ1) is 12.8. The Morgan fingerprint density at radius 1 is 1.19 bits per heavy atom. The molecule has 0 aromatic carbocycles. The second-order valence-electron chi connectivity index (χ2n) is 6.06. The van der Waals surface area contributed by atoms with Crippen LogP contribution in [0.4, 0.5) is 13.2 Å². The van der Waals surface area contributed by atoms with Gasteiger partial charge in [0.2, 0.25) is 0 Å². The predicted octanol–water partition coefficient (Wildman–Crippen LogP) is 1.73. The molecule has 2 heterocycles. The summed E-state index contributed by atoms with van der Waals surface area (Å²) >= 11 is 0. The average Bonchev–Trinajstić information content (AvgIpc) is 2.65. The highest BCUT2D eigenvalue weighted by atomic mass is 19.4. The SMILES string of the molecule is O=C(CC[n+]1ccc(-c2ncc3c(n2)CCCC3)cn1)OC(=O)C(F)(F)F. The number of hydrogen-bond acceptors (Lipinski definition) is 6. The molecular weight excluding hydrogens is 365 g/mol. The van der Waals surface area contributed by atoms with E-state index in [4.69, 9.17) is 0 Å². The number of hydrogen-bond donors (Lipinski definition) is 0. The fourth-order valence-corrected chi connectivity index (χ4v) is 2.68. The van der Waals surface area contributed by atoms with Gasteiger partial charge >= 0.3 is 18.1 Å². The maximum atomic E-state index is 12.0. The Labute approximate surface area is 152 Å². The topological polar surface area (TPSA) is 85.9 Å². The van der Waals surface area contributed by atoms with E-state index in [2.05, 4.69) is 19.8 Å². The fraction of sp³-hybridized carbons (Fsp3) is 0.412. The van der Waals surface area contributed by atoms with Gasteiger partial charge in [0.15, 0.2) is 18.6 Å². The van der Waals surface area contributed by atoms with Crippen molar-refractivity contribution in [2.24, 2.45) is 0 Å². The van der Waals surface area contributed by atoms with Crippen molar-refractivity contribution < 1.29 is 32.2 Å². The van der Waals surface area contributed by atoms with Crippen molar-refractivity contribution in [3.63, 3.8) is 0 Å². The van der Waals surface area contributed by atoms with Gasteiger partial charge < -0.3 is 4.74 Å². The van der Waals surface area contributed by atoms with Crippen LogP contribution in [0.2, 0.25) is 0 Å². The monoisotopic (exact) mass is 381 g/mol. The number of esters is 2. The minimum absolute atomic E-state index is 0.0324. The standard InChI is InChI=1S/C17H16F3N4O3/c18-17(19,20)16(26)27-14(25)6-8-24-7-5-12(10-22-24)15-21-9-11-3-1-2-4-13(11)23-15/h5,7,9-10H,1-4,6,8H2/q+1. The Morgan fingerprint density at radius 3 is 2.67 bits per heavy atom. The summed E-state index contributed by atoms with van der Waals surface area (Å²) in [6.07, 6.45) is 3.41. The number of aryl methyl sites for hydroxylation is 3. The van der Waals surface area contributed by atoms with Crippen LogP contribution in [0.1, 0.15) is 30.5 Å². The van der Waals surface area contributed by atoms with E-state index in [0.29, 0.717) is 11.4 Å². The molecule has 0 saturated carbocycles.